The molecule has 1 N–H and O–H groups in total. The van der Waals surface area contributed by atoms with Crippen LogP contribution in [-0.4, -0.2) is 30.8 Å². The number of alkyl halides is 3. The zero-order chi connectivity index (χ0) is 14.6. The van der Waals surface area contributed by atoms with Crippen LogP contribution in [0.15, 0.2) is 12.1 Å². The Kier molecular flexibility index (Phi) is 5.17. The monoisotopic (exact) mass is 275 g/mol. The molecule has 19 heavy (non-hydrogen) atoms. The van der Waals surface area contributed by atoms with Gasteiger partial charge in [-0.05, 0) is 45.5 Å². The van der Waals surface area contributed by atoms with Crippen LogP contribution >= 0.6 is 0 Å². The van der Waals surface area contributed by atoms with Crippen LogP contribution in [0.5, 0.6) is 0 Å². The second kappa shape index (κ2) is 6.23. The Hall–Kier alpha value is -1.30. The van der Waals surface area contributed by atoms with Crippen LogP contribution in [0.1, 0.15) is 25.1 Å². The molecule has 108 valence electrons. The molecule has 1 heterocycles. The summed E-state index contributed by atoms with van der Waals surface area (Å²) in [7, 11) is 1.80. The third kappa shape index (κ3) is 5.06. The van der Waals surface area contributed by atoms with Crippen LogP contribution in [0.25, 0.3) is 0 Å². The zero-order valence-electron chi connectivity index (χ0n) is 11.7. The van der Waals surface area contributed by atoms with Crippen molar-refractivity contribution in [1.82, 2.24) is 10.3 Å². The Morgan fingerprint density at radius 1 is 1.32 bits per heavy atom. The standard InChI is InChI=1S/C13H20F3N3/c1-9(2)19(8-13(14,15)16)12-6-11(7-17-4)5-10(3)18-12/h5-6,9,17H,7-8H2,1-4H3. The fourth-order valence-electron chi connectivity index (χ4n) is 1.90. The Labute approximate surface area is 111 Å². The average molecular weight is 275 g/mol. The smallest absolute Gasteiger partial charge is 0.345 e. The number of nitrogens with one attached hydrogen (secondary N) is 1. The topological polar surface area (TPSA) is 28.2 Å². The van der Waals surface area contributed by atoms with Crippen molar-refractivity contribution in [2.75, 3.05) is 18.5 Å². The number of pyridine rings is 1. The maximum atomic E-state index is 12.6. The van der Waals surface area contributed by atoms with E-state index in [0.717, 1.165) is 11.3 Å². The maximum absolute atomic E-state index is 12.6. The first kappa shape index (κ1) is 15.8. The Bertz CT molecular complexity index is 416. The van der Waals surface area contributed by atoms with Gasteiger partial charge in [0.25, 0.3) is 0 Å². The lowest BCUT2D eigenvalue weighted by Gasteiger charge is -2.29. The normalized spacial score (nSPS) is 12.0. The molecule has 0 radical (unpaired) electrons. The van der Waals surface area contributed by atoms with E-state index in [9.17, 15) is 13.2 Å². The van der Waals surface area contributed by atoms with Crippen LogP contribution in [0.4, 0.5) is 19.0 Å². The molecule has 1 aromatic rings. The molecule has 0 aliphatic carbocycles. The summed E-state index contributed by atoms with van der Waals surface area (Å²) in [6.07, 6.45) is -4.24. The molecule has 0 amide bonds. The molecule has 3 nitrogen and oxygen atoms in total. The van der Waals surface area contributed by atoms with E-state index in [4.69, 9.17) is 0 Å². The van der Waals surface area contributed by atoms with Crippen molar-refractivity contribution in [1.29, 1.82) is 0 Å². The molecule has 1 rings (SSSR count). The molecule has 0 saturated carbocycles. The van der Waals surface area contributed by atoms with Gasteiger partial charge in [-0.15, -0.1) is 0 Å². The van der Waals surface area contributed by atoms with Crippen molar-refractivity contribution in [3.8, 4) is 0 Å². The quantitative estimate of drug-likeness (QED) is 0.895. The number of hydrogen-bond acceptors (Lipinski definition) is 3. The van der Waals surface area contributed by atoms with Gasteiger partial charge in [0.15, 0.2) is 0 Å². The summed E-state index contributed by atoms with van der Waals surface area (Å²) in [6.45, 7) is 4.87. The van der Waals surface area contributed by atoms with Crippen molar-refractivity contribution in [3.63, 3.8) is 0 Å². The minimum Gasteiger partial charge on any atom is -0.345 e. The third-order valence-electron chi connectivity index (χ3n) is 2.65. The summed E-state index contributed by atoms with van der Waals surface area (Å²) in [5.74, 6) is 0.373. The van der Waals surface area contributed by atoms with E-state index in [0.29, 0.717) is 12.4 Å². The summed E-state index contributed by atoms with van der Waals surface area (Å²) in [4.78, 5) is 5.49. The maximum Gasteiger partial charge on any atom is 0.405 e. The Morgan fingerprint density at radius 2 is 1.95 bits per heavy atom. The van der Waals surface area contributed by atoms with Gasteiger partial charge < -0.3 is 10.2 Å². The molecule has 0 aliphatic heterocycles. The SMILES string of the molecule is CNCc1cc(C)nc(N(CC(F)(F)F)C(C)C)c1. The van der Waals surface area contributed by atoms with Crippen LogP contribution in [0.3, 0.4) is 0 Å². The Morgan fingerprint density at radius 3 is 2.42 bits per heavy atom. The fraction of sp³-hybridized carbons (Fsp3) is 0.615. The molecular formula is C13H20F3N3. The van der Waals surface area contributed by atoms with E-state index in [1.54, 1.807) is 33.9 Å². The first-order valence-electron chi connectivity index (χ1n) is 6.18. The van der Waals surface area contributed by atoms with Gasteiger partial charge in [-0.2, -0.15) is 13.2 Å². The lowest BCUT2D eigenvalue weighted by atomic mass is 10.2. The predicted molar refractivity (Wildman–Crippen MR) is 70.3 cm³/mol. The second-order valence-electron chi connectivity index (χ2n) is 4.84. The number of rotatable bonds is 5. The van der Waals surface area contributed by atoms with Crippen LogP contribution < -0.4 is 10.2 Å². The summed E-state index contributed by atoms with van der Waals surface area (Å²) >= 11 is 0. The van der Waals surface area contributed by atoms with E-state index in [2.05, 4.69) is 10.3 Å². The molecule has 1 aromatic heterocycles. The number of nitrogens with zero attached hydrogens (tertiary/aromatic N) is 2. The van der Waals surface area contributed by atoms with Crippen molar-refractivity contribution < 1.29 is 13.2 Å². The number of halogens is 3. The van der Waals surface area contributed by atoms with Gasteiger partial charge >= 0.3 is 6.18 Å². The van der Waals surface area contributed by atoms with Crippen molar-refractivity contribution >= 4 is 5.82 Å². The zero-order valence-corrected chi connectivity index (χ0v) is 11.7. The fourth-order valence-corrected chi connectivity index (χ4v) is 1.90. The Balaban J connectivity index is 3.08. The molecular weight excluding hydrogens is 255 g/mol. The summed E-state index contributed by atoms with van der Waals surface area (Å²) in [6, 6.07) is 3.31. The molecule has 0 bridgehead atoms. The van der Waals surface area contributed by atoms with Gasteiger partial charge in [0, 0.05) is 18.3 Å². The van der Waals surface area contributed by atoms with E-state index in [1.807, 2.05) is 6.07 Å². The molecule has 0 aliphatic rings. The van der Waals surface area contributed by atoms with E-state index >= 15 is 0 Å². The van der Waals surface area contributed by atoms with Gasteiger partial charge in [0.05, 0.1) is 0 Å². The number of hydrogen-bond donors (Lipinski definition) is 1. The minimum atomic E-state index is -4.24. The van der Waals surface area contributed by atoms with Crippen LogP contribution in [0.2, 0.25) is 0 Å². The third-order valence-corrected chi connectivity index (χ3v) is 2.65. The number of aryl methyl sites for hydroxylation is 1. The second-order valence-corrected chi connectivity index (χ2v) is 4.84. The first-order valence-corrected chi connectivity index (χ1v) is 6.18. The van der Waals surface area contributed by atoms with E-state index in [-0.39, 0.29) is 6.04 Å². The highest BCUT2D eigenvalue weighted by Gasteiger charge is 2.32. The van der Waals surface area contributed by atoms with Gasteiger partial charge in [-0.25, -0.2) is 4.98 Å². The van der Waals surface area contributed by atoms with Gasteiger partial charge in [0.2, 0.25) is 0 Å². The van der Waals surface area contributed by atoms with Crippen molar-refractivity contribution in [3.05, 3.63) is 23.4 Å². The highest BCUT2D eigenvalue weighted by molar-refractivity contribution is 5.43. The lowest BCUT2D eigenvalue weighted by molar-refractivity contribution is -0.120. The van der Waals surface area contributed by atoms with E-state index in [1.165, 1.54) is 4.90 Å². The summed E-state index contributed by atoms with van der Waals surface area (Å²) in [5, 5.41) is 2.99. The molecule has 0 unspecified atom stereocenters. The molecule has 0 aromatic carbocycles. The van der Waals surface area contributed by atoms with Crippen LogP contribution in [-0.2, 0) is 6.54 Å². The lowest BCUT2D eigenvalue weighted by Crippen LogP contribution is -2.39. The highest BCUT2D eigenvalue weighted by atomic mass is 19.4. The highest BCUT2D eigenvalue weighted by Crippen LogP contribution is 2.24. The van der Waals surface area contributed by atoms with Gasteiger partial charge in [0.1, 0.15) is 12.4 Å². The van der Waals surface area contributed by atoms with Gasteiger partial charge in [-0.1, -0.05) is 0 Å². The van der Waals surface area contributed by atoms with Crippen LogP contribution in [0, 0.1) is 6.92 Å². The molecule has 0 fully saturated rings. The number of aromatic nitrogens is 1. The molecule has 6 heteroatoms. The summed E-state index contributed by atoms with van der Waals surface area (Å²) in [5.41, 5.74) is 1.65. The number of anilines is 1. The first-order chi connectivity index (χ1) is 8.73. The molecule has 0 atom stereocenters. The molecule has 0 saturated heterocycles. The van der Waals surface area contributed by atoms with Gasteiger partial charge in [-0.3, -0.25) is 0 Å². The predicted octanol–water partition coefficient (Wildman–Crippen LogP) is 2.89. The largest absolute Gasteiger partial charge is 0.405 e. The minimum absolute atomic E-state index is 0.265. The van der Waals surface area contributed by atoms with E-state index < -0.39 is 12.7 Å². The average Bonchev–Trinajstić information content (AvgIpc) is 2.24. The summed E-state index contributed by atoms with van der Waals surface area (Å²) < 4.78 is 37.9. The molecule has 0 spiro atoms. The van der Waals surface area contributed by atoms with Crippen molar-refractivity contribution in [2.45, 2.75) is 39.5 Å². The van der Waals surface area contributed by atoms with Crippen molar-refractivity contribution in [2.24, 2.45) is 0 Å².